The van der Waals surface area contributed by atoms with E-state index in [4.69, 9.17) is 0 Å². The Morgan fingerprint density at radius 2 is 1.81 bits per heavy atom. The van der Waals surface area contributed by atoms with Crippen LogP contribution in [0.3, 0.4) is 0 Å². The van der Waals surface area contributed by atoms with Gasteiger partial charge in [0.2, 0.25) is 0 Å². The van der Waals surface area contributed by atoms with Crippen LogP contribution in [0.4, 0.5) is 0 Å². The Balaban J connectivity index is 2.15. The molecule has 16 heavy (non-hydrogen) atoms. The fraction of sp³-hybridized carbons (Fsp3) is 1.00. The van der Waals surface area contributed by atoms with Crippen molar-refractivity contribution in [3.63, 3.8) is 0 Å². The van der Waals surface area contributed by atoms with E-state index in [0.29, 0.717) is 0 Å². The van der Waals surface area contributed by atoms with Crippen LogP contribution in [0.25, 0.3) is 0 Å². The molecule has 2 nitrogen and oxygen atoms in total. The number of nitrogens with one attached hydrogen (secondary N) is 2. The minimum Gasteiger partial charge on any atom is -0.312 e. The predicted molar refractivity (Wildman–Crippen MR) is 75.3 cm³/mol. The molecule has 0 aromatic rings. The largest absolute Gasteiger partial charge is 0.312 e. The lowest BCUT2D eigenvalue weighted by Gasteiger charge is -2.31. The highest BCUT2D eigenvalue weighted by Gasteiger charge is 2.23. The fourth-order valence-corrected chi connectivity index (χ4v) is 3.27. The van der Waals surface area contributed by atoms with Crippen molar-refractivity contribution in [2.75, 3.05) is 19.3 Å². The highest BCUT2D eigenvalue weighted by atomic mass is 32.2. The molecule has 0 aromatic heterocycles. The van der Waals surface area contributed by atoms with E-state index in [-0.39, 0.29) is 5.54 Å². The molecule has 3 heteroatoms. The van der Waals surface area contributed by atoms with Crippen molar-refractivity contribution in [2.24, 2.45) is 0 Å². The summed E-state index contributed by atoms with van der Waals surface area (Å²) in [5, 5.41) is 8.07. The van der Waals surface area contributed by atoms with Crippen molar-refractivity contribution in [1.82, 2.24) is 10.6 Å². The van der Waals surface area contributed by atoms with Crippen molar-refractivity contribution in [1.29, 1.82) is 0 Å². The first-order valence-electron chi connectivity index (χ1n) is 6.54. The third kappa shape index (κ3) is 5.55. The third-order valence-electron chi connectivity index (χ3n) is 3.19. The number of rotatable bonds is 5. The molecule has 2 unspecified atom stereocenters. The number of thioether (sulfide) groups is 1. The van der Waals surface area contributed by atoms with Crippen LogP contribution in [0, 0.1) is 0 Å². The van der Waals surface area contributed by atoms with Crippen LogP contribution >= 0.6 is 11.8 Å². The van der Waals surface area contributed by atoms with Crippen LogP contribution in [0.2, 0.25) is 0 Å². The zero-order chi connectivity index (χ0) is 12.0. The molecule has 0 bridgehead atoms. The van der Waals surface area contributed by atoms with Crippen molar-refractivity contribution in [3.8, 4) is 0 Å². The van der Waals surface area contributed by atoms with Gasteiger partial charge in [0.1, 0.15) is 0 Å². The van der Waals surface area contributed by atoms with E-state index in [0.717, 1.165) is 24.4 Å². The van der Waals surface area contributed by atoms with Gasteiger partial charge in [-0.15, -0.1) is 0 Å². The second-order valence-corrected chi connectivity index (χ2v) is 6.87. The molecule has 1 rings (SSSR count). The lowest BCUT2D eigenvalue weighted by Crippen LogP contribution is -2.46. The Morgan fingerprint density at radius 3 is 2.44 bits per heavy atom. The molecule has 0 saturated heterocycles. The summed E-state index contributed by atoms with van der Waals surface area (Å²) in [5.74, 6) is 0. The molecule has 0 amide bonds. The molecule has 1 aliphatic carbocycles. The van der Waals surface area contributed by atoms with E-state index in [9.17, 15) is 0 Å². The van der Waals surface area contributed by atoms with E-state index in [1.807, 2.05) is 11.8 Å². The maximum atomic E-state index is 3.71. The molecule has 1 aliphatic rings. The Bertz CT molecular complexity index is 189. The molecule has 0 aliphatic heterocycles. The van der Waals surface area contributed by atoms with Gasteiger partial charge in [0.05, 0.1) is 0 Å². The summed E-state index contributed by atoms with van der Waals surface area (Å²) in [5.41, 5.74) is 0.243. The monoisotopic (exact) mass is 244 g/mol. The van der Waals surface area contributed by atoms with Gasteiger partial charge in [-0.1, -0.05) is 12.8 Å². The Hall–Kier alpha value is 0.270. The van der Waals surface area contributed by atoms with Crippen LogP contribution in [-0.4, -0.2) is 36.2 Å². The molecule has 2 N–H and O–H groups in total. The van der Waals surface area contributed by atoms with Crippen molar-refractivity contribution < 1.29 is 0 Å². The molecule has 1 saturated carbocycles. The molecule has 0 heterocycles. The second kappa shape index (κ2) is 6.87. The Morgan fingerprint density at radius 1 is 1.12 bits per heavy atom. The third-order valence-corrected chi connectivity index (χ3v) is 4.36. The van der Waals surface area contributed by atoms with E-state index in [2.05, 4.69) is 37.7 Å². The standard InChI is InChI=1S/C13H28N2S/c1-13(2,3)15-10-9-14-11-7-5-6-8-12(11)16-4/h11-12,14-15H,5-10H2,1-4H3. The highest BCUT2D eigenvalue weighted by molar-refractivity contribution is 7.99. The average Bonchev–Trinajstić information content (AvgIpc) is 2.23. The Labute approximate surface area is 105 Å². The maximum Gasteiger partial charge on any atom is 0.0198 e. The van der Waals surface area contributed by atoms with Crippen LogP contribution < -0.4 is 10.6 Å². The van der Waals surface area contributed by atoms with Crippen LogP contribution in [0.5, 0.6) is 0 Å². The lowest BCUT2D eigenvalue weighted by molar-refractivity contribution is 0.365. The van der Waals surface area contributed by atoms with E-state index in [1.165, 1.54) is 25.7 Å². The minimum atomic E-state index is 0.243. The van der Waals surface area contributed by atoms with E-state index in [1.54, 1.807) is 0 Å². The molecular weight excluding hydrogens is 216 g/mol. The predicted octanol–water partition coefficient (Wildman–Crippen LogP) is 2.64. The van der Waals surface area contributed by atoms with Crippen LogP contribution in [0.1, 0.15) is 46.5 Å². The van der Waals surface area contributed by atoms with Gasteiger partial charge in [0, 0.05) is 29.9 Å². The van der Waals surface area contributed by atoms with Crippen LogP contribution in [-0.2, 0) is 0 Å². The van der Waals surface area contributed by atoms with Crippen molar-refractivity contribution >= 4 is 11.8 Å². The second-order valence-electron chi connectivity index (χ2n) is 5.80. The first-order chi connectivity index (χ1) is 7.53. The number of hydrogen-bond acceptors (Lipinski definition) is 3. The normalized spacial score (nSPS) is 27.0. The highest BCUT2D eigenvalue weighted by Crippen LogP contribution is 2.26. The zero-order valence-electron chi connectivity index (χ0n) is 11.3. The SMILES string of the molecule is CSC1CCCCC1NCCNC(C)(C)C. The topological polar surface area (TPSA) is 24.1 Å². The average molecular weight is 244 g/mol. The van der Waals surface area contributed by atoms with E-state index >= 15 is 0 Å². The van der Waals surface area contributed by atoms with Gasteiger partial charge in [-0.3, -0.25) is 0 Å². The summed E-state index contributed by atoms with van der Waals surface area (Å²) in [6, 6.07) is 0.741. The summed E-state index contributed by atoms with van der Waals surface area (Å²) in [4.78, 5) is 0. The minimum absolute atomic E-state index is 0.243. The van der Waals surface area contributed by atoms with Gasteiger partial charge in [-0.2, -0.15) is 11.8 Å². The zero-order valence-corrected chi connectivity index (χ0v) is 12.1. The Kier molecular flexibility index (Phi) is 6.16. The summed E-state index contributed by atoms with van der Waals surface area (Å²) in [6.45, 7) is 8.83. The summed E-state index contributed by atoms with van der Waals surface area (Å²) < 4.78 is 0. The van der Waals surface area contributed by atoms with Gasteiger partial charge in [-0.25, -0.2) is 0 Å². The quantitative estimate of drug-likeness (QED) is 0.727. The van der Waals surface area contributed by atoms with Gasteiger partial charge in [0.25, 0.3) is 0 Å². The molecule has 1 fully saturated rings. The maximum absolute atomic E-state index is 3.71. The first-order valence-corrected chi connectivity index (χ1v) is 7.83. The lowest BCUT2D eigenvalue weighted by atomic mass is 9.95. The molecule has 0 spiro atoms. The molecule has 2 atom stereocenters. The van der Waals surface area contributed by atoms with Gasteiger partial charge in [0.15, 0.2) is 0 Å². The van der Waals surface area contributed by atoms with Gasteiger partial charge < -0.3 is 10.6 Å². The van der Waals surface area contributed by atoms with Gasteiger partial charge in [-0.05, 0) is 39.9 Å². The van der Waals surface area contributed by atoms with Crippen molar-refractivity contribution in [2.45, 2.75) is 63.3 Å². The summed E-state index contributed by atoms with van der Waals surface area (Å²) in [6.07, 6.45) is 7.83. The fourth-order valence-electron chi connectivity index (χ4n) is 2.31. The number of hydrogen-bond donors (Lipinski definition) is 2. The van der Waals surface area contributed by atoms with E-state index < -0.39 is 0 Å². The molecule has 96 valence electrons. The summed E-state index contributed by atoms with van der Waals surface area (Å²) in [7, 11) is 0. The molecular formula is C13H28N2S. The van der Waals surface area contributed by atoms with Crippen molar-refractivity contribution in [3.05, 3.63) is 0 Å². The molecule has 0 radical (unpaired) electrons. The molecule has 0 aromatic carbocycles. The summed E-state index contributed by atoms with van der Waals surface area (Å²) >= 11 is 2.03. The first kappa shape index (κ1) is 14.3. The smallest absolute Gasteiger partial charge is 0.0198 e. The van der Waals surface area contributed by atoms with Crippen LogP contribution in [0.15, 0.2) is 0 Å². The van der Waals surface area contributed by atoms with Gasteiger partial charge >= 0.3 is 0 Å².